The van der Waals surface area contributed by atoms with Crippen LogP contribution in [0.1, 0.15) is 8.35 Å². The van der Waals surface area contributed by atoms with Gasteiger partial charge in [-0.3, -0.25) is 9.18 Å². The Labute approximate surface area is 163 Å². The minimum atomic E-state index is -0.250. The summed E-state index contributed by atoms with van der Waals surface area (Å²) in [6, 6.07) is 3.84. The molecule has 3 aromatic heterocycles. The van der Waals surface area contributed by atoms with Crippen LogP contribution in [0, 0.1) is 0 Å². The average molecular weight is 393 g/mol. The summed E-state index contributed by atoms with van der Waals surface area (Å²) in [5, 5.41) is 3.42. The molecule has 9 nitrogen and oxygen atoms in total. The molecule has 0 radical (unpaired) electrons. The second kappa shape index (κ2) is 9.49. The fourth-order valence-corrected chi connectivity index (χ4v) is 2.62. The van der Waals surface area contributed by atoms with Crippen molar-refractivity contribution < 1.29 is 24.8 Å². The summed E-state index contributed by atoms with van der Waals surface area (Å²) in [6.07, 6.45) is 2.26. The Morgan fingerprint density at radius 1 is 1.18 bits per heavy atom. The average Bonchev–Trinajstić information content (AvgIpc) is 3.03. The van der Waals surface area contributed by atoms with E-state index in [0.29, 0.717) is 29.6 Å². The van der Waals surface area contributed by atoms with Crippen LogP contribution in [0.5, 0.6) is 17.8 Å². The summed E-state index contributed by atoms with van der Waals surface area (Å²) < 4.78 is 28.1. The summed E-state index contributed by atoms with van der Waals surface area (Å²) in [6.45, 7) is 1.21. The lowest BCUT2D eigenvalue weighted by Gasteiger charge is -2.13. The third-order valence-electron chi connectivity index (χ3n) is 3.78. The highest BCUT2D eigenvalue weighted by Gasteiger charge is 2.22. The second-order valence-electron chi connectivity index (χ2n) is 5.35. The van der Waals surface area contributed by atoms with Crippen LogP contribution in [0.2, 0.25) is 0 Å². The van der Waals surface area contributed by atoms with Crippen LogP contribution in [0.4, 0.5) is 10.2 Å². The number of pyridine rings is 1. The molecular formula is C18H24FN5O4. The smallest absolute Gasteiger partial charge is 0.322 e. The molecule has 0 saturated carbocycles. The van der Waals surface area contributed by atoms with Crippen LogP contribution >= 0.6 is 0 Å². The quantitative estimate of drug-likeness (QED) is 0.643. The monoisotopic (exact) mass is 393 g/mol. The Morgan fingerprint density at radius 3 is 2.29 bits per heavy atom. The molecule has 0 atom stereocenters. The first kappa shape index (κ1) is 20.9. The highest BCUT2D eigenvalue weighted by Crippen LogP contribution is 2.39. The Hall–Kier alpha value is -3.43. The molecular weight excluding hydrogens is 369 g/mol. The number of methoxy groups -OCH3 is 3. The van der Waals surface area contributed by atoms with Crippen molar-refractivity contribution in [2.45, 2.75) is 6.92 Å². The van der Waals surface area contributed by atoms with E-state index >= 15 is 0 Å². The van der Waals surface area contributed by atoms with Gasteiger partial charge in [0.25, 0.3) is 0 Å². The normalized spacial score (nSPS) is 10.1. The van der Waals surface area contributed by atoms with Crippen LogP contribution in [0.25, 0.3) is 22.2 Å². The van der Waals surface area contributed by atoms with Gasteiger partial charge in [0.1, 0.15) is 11.4 Å². The predicted octanol–water partition coefficient (Wildman–Crippen LogP) is 2.85. The standard InChI is InChI=1S/C16H17N5O4.C2H5F.H2/c1-21-10(5-9-6-12(18-8-22)17-7-11(9)21)13-14(23-2)19-16(25-4)20-15(13)24-3;1-2-3;/h5-8H,1-4H3,(H,17,18,22);2H2,1H3;1H. The molecule has 1 N–H and O–H groups in total. The van der Waals surface area contributed by atoms with Crippen LogP contribution in [-0.4, -0.2) is 53.9 Å². The Balaban J connectivity index is 0.000000990. The van der Waals surface area contributed by atoms with Crippen LogP contribution in [0.15, 0.2) is 18.3 Å². The first-order valence-electron chi connectivity index (χ1n) is 8.30. The van der Waals surface area contributed by atoms with Gasteiger partial charge in [-0.2, -0.15) is 9.97 Å². The number of aryl methyl sites for hydroxylation is 1. The maximum atomic E-state index is 10.6. The number of rotatable bonds is 6. The predicted molar refractivity (Wildman–Crippen MR) is 105 cm³/mol. The largest absolute Gasteiger partial charge is 0.480 e. The summed E-state index contributed by atoms with van der Waals surface area (Å²) in [5.74, 6) is 1.12. The molecule has 1 amide bonds. The number of nitrogens with one attached hydrogen (secondary N) is 1. The molecule has 0 aromatic carbocycles. The summed E-state index contributed by atoms with van der Waals surface area (Å²) in [5.41, 5.74) is 2.23. The van der Waals surface area contributed by atoms with E-state index in [1.807, 2.05) is 17.7 Å². The van der Waals surface area contributed by atoms with Crippen molar-refractivity contribution in [1.82, 2.24) is 19.5 Å². The van der Waals surface area contributed by atoms with E-state index in [9.17, 15) is 9.18 Å². The van der Waals surface area contributed by atoms with Gasteiger partial charge in [0.05, 0.1) is 45.4 Å². The number of amides is 1. The maximum Gasteiger partial charge on any atom is 0.322 e. The van der Waals surface area contributed by atoms with E-state index in [1.165, 1.54) is 28.3 Å². The third kappa shape index (κ3) is 4.11. The van der Waals surface area contributed by atoms with Gasteiger partial charge in [-0.25, -0.2) is 4.98 Å². The summed E-state index contributed by atoms with van der Waals surface area (Å²) in [4.78, 5) is 23.3. The van der Waals surface area contributed by atoms with Gasteiger partial charge in [0.2, 0.25) is 18.2 Å². The van der Waals surface area contributed by atoms with E-state index in [0.717, 1.165) is 16.6 Å². The third-order valence-corrected chi connectivity index (χ3v) is 3.78. The number of aromatic nitrogens is 4. The molecule has 3 rings (SSSR count). The van der Waals surface area contributed by atoms with Crippen molar-refractivity contribution in [3.05, 3.63) is 18.3 Å². The number of fused-ring (bicyclic) bond motifs is 1. The highest BCUT2D eigenvalue weighted by molar-refractivity contribution is 5.90. The number of hydrogen-bond donors (Lipinski definition) is 1. The maximum absolute atomic E-state index is 10.6. The van der Waals surface area contributed by atoms with E-state index in [4.69, 9.17) is 14.2 Å². The summed E-state index contributed by atoms with van der Waals surface area (Å²) in [7, 11) is 6.38. The molecule has 0 aliphatic rings. The van der Waals surface area contributed by atoms with Gasteiger partial charge < -0.3 is 24.1 Å². The number of alkyl halides is 1. The van der Waals surface area contributed by atoms with Crippen LogP contribution < -0.4 is 19.5 Å². The number of hydrogen-bond acceptors (Lipinski definition) is 7. The SMILES string of the molecule is CCF.COc1nc(OC)c(-c2cc3cc(NC=O)ncc3n2C)c(OC)n1.[HH]. The van der Waals surface area contributed by atoms with Crippen LogP contribution in [0.3, 0.4) is 0 Å². The van der Waals surface area contributed by atoms with Gasteiger partial charge in [-0.15, -0.1) is 0 Å². The minimum absolute atomic E-state index is 0. The highest BCUT2D eigenvalue weighted by atomic mass is 19.1. The van der Waals surface area contributed by atoms with Crippen molar-refractivity contribution >= 4 is 23.1 Å². The molecule has 0 aliphatic heterocycles. The lowest BCUT2D eigenvalue weighted by Crippen LogP contribution is -2.03. The zero-order valence-electron chi connectivity index (χ0n) is 16.3. The number of nitrogens with zero attached hydrogens (tertiary/aromatic N) is 4. The van der Waals surface area contributed by atoms with Crippen LogP contribution in [-0.2, 0) is 11.8 Å². The fraction of sp³-hybridized carbons (Fsp3) is 0.333. The van der Waals surface area contributed by atoms with E-state index in [-0.39, 0.29) is 14.1 Å². The zero-order chi connectivity index (χ0) is 20.7. The summed E-state index contributed by atoms with van der Waals surface area (Å²) >= 11 is 0. The Kier molecular flexibility index (Phi) is 7.08. The molecule has 28 heavy (non-hydrogen) atoms. The van der Waals surface area contributed by atoms with Gasteiger partial charge in [0.15, 0.2) is 0 Å². The number of carbonyl (C=O) groups excluding carboxylic acids is 1. The van der Waals surface area contributed by atoms with Gasteiger partial charge in [-0.05, 0) is 19.1 Å². The fourth-order valence-electron chi connectivity index (χ4n) is 2.62. The van der Waals surface area contributed by atoms with Crippen molar-refractivity contribution in [2.75, 3.05) is 33.3 Å². The first-order valence-corrected chi connectivity index (χ1v) is 8.30. The second-order valence-corrected chi connectivity index (χ2v) is 5.35. The topological polar surface area (TPSA) is 100 Å². The number of carbonyl (C=O) groups is 1. The van der Waals surface area contributed by atoms with Gasteiger partial charge in [0, 0.05) is 13.9 Å². The molecule has 0 spiro atoms. The van der Waals surface area contributed by atoms with Crippen molar-refractivity contribution in [3.8, 4) is 29.0 Å². The zero-order valence-corrected chi connectivity index (χ0v) is 16.3. The van der Waals surface area contributed by atoms with E-state index < -0.39 is 0 Å². The molecule has 152 valence electrons. The first-order chi connectivity index (χ1) is 13.5. The van der Waals surface area contributed by atoms with E-state index in [1.54, 1.807) is 12.3 Å². The molecule has 10 heteroatoms. The molecule has 3 heterocycles. The minimum Gasteiger partial charge on any atom is -0.480 e. The number of halogens is 1. The van der Waals surface area contributed by atoms with Crippen molar-refractivity contribution in [1.29, 1.82) is 0 Å². The molecule has 0 aliphatic carbocycles. The lowest BCUT2D eigenvalue weighted by molar-refractivity contribution is -0.105. The molecule has 0 bridgehead atoms. The number of ether oxygens (including phenoxy) is 3. The number of anilines is 1. The Bertz CT molecular complexity index is 942. The van der Waals surface area contributed by atoms with E-state index in [2.05, 4.69) is 20.3 Å². The Morgan fingerprint density at radius 2 is 1.79 bits per heavy atom. The van der Waals surface area contributed by atoms with Gasteiger partial charge >= 0.3 is 6.01 Å². The van der Waals surface area contributed by atoms with Crippen molar-refractivity contribution in [2.24, 2.45) is 7.05 Å². The van der Waals surface area contributed by atoms with Crippen molar-refractivity contribution in [3.63, 3.8) is 0 Å². The molecule has 0 unspecified atom stereocenters. The van der Waals surface area contributed by atoms with Gasteiger partial charge in [-0.1, -0.05) is 0 Å². The molecule has 3 aromatic rings. The lowest BCUT2D eigenvalue weighted by atomic mass is 10.2. The molecule has 0 fully saturated rings. The molecule has 0 saturated heterocycles.